The zero-order valence-corrected chi connectivity index (χ0v) is 12.7. The minimum Gasteiger partial charge on any atom is -0.408 e. The van der Waals surface area contributed by atoms with Gasteiger partial charge in [0.2, 0.25) is 5.89 Å². The fourth-order valence-electron chi connectivity index (χ4n) is 2.62. The number of aromatic nitrogens is 4. The zero-order chi connectivity index (χ0) is 14.8. The minimum absolute atomic E-state index is 0.335. The standard InChI is InChI=1S/C14H20N6O/c1-10-6-7-13(17-15-10)20-8-4-5-12(9-20)19(3)14-18-16-11(2)21-14/h6-7,12H,4-5,8-9H2,1-3H3. The summed E-state index contributed by atoms with van der Waals surface area (Å²) in [5.41, 5.74) is 0.936. The zero-order valence-electron chi connectivity index (χ0n) is 12.7. The van der Waals surface area contributed by atoms with Crippen molar-refractivity contribution in [1.82, 2.24) is 20.4 Å². The van der Waals surface area contributed by atoms with Gasteiger partial charge < -0.3 is 14.2 Å². The summed E-state index contributed by atoms with van der Waals surface area (Å²) >= 11 is 0. The van der Waals surface area contributed by atoms with E-state index in [-0.39, 0.29) is 0 Å². The molecule has 7 nitrogen and oxygen atoms in total. The monoisotopic (exact) mass is 288 g/mol. The Morgan fingerprint density at radius 1 is 1.19 bits per heavy atom. The topological polar surface area (TPSA) is 71.2 Å². The predicted molar refractivity (Wildman–Crippen MR) is 79.4 cm³/mol. The van der Waals surface area contributed by atoms with Gasteiger partial charge in [0.15, 0.2) is 5.82 Å². The number of rotatable bonds is 3. The van der Waals surface area contributed by atoms with Crippen molar-refractivity contribution in [1.29, 1.82) is 0 Å². The summed E-state index contributed by atoms with van der Waals surface area (Å²) < 4.78 is 5.51. The lowest BCUT2D eigenvalue weighted by molar-refractivity contribution is 0.441. The van der Waals surface area contributed by atoms with Gasteiger partial charge in [-0.25, -0.2) is 0 Å². The van der Waals surface area contributed by atoms with E-state index >= 15 is 0 Å². The summed E-state index contributed by atoms with van der Waals surface area (Å²) in [7, 11) is 2.00. The summed E-state index contributed by atoms with van der Waals surface area (Å²) in [6, 6.07) is 4.94. The van der Waals surface area contributed by atoms with Crippen molar-refractivity contribution in [3.8, 4) is 0 Å². The van der Waals surface area contributed by atoms with Crippen molar-refractivity contribution in [2.45, 2.75) is 32.7 Å². The Hall–Kier alpha value is -2.18. The number of likely N-dealkylation sites (N-methyl/N-ethyl adjacent to an activating group) is 1. The Kier molecular flexibility index (Phi) is 3.72. The first-order valence-electron chi connectivity index (χ1n) is 7.21. The van der Waals surface area contributed by atoms with Gasteiger partial charge in [-0.05, 0) is 31.9 Å². The smallest absolute Gasteiger partial charge is 0.318 e. The first-order valence-corrected chi connectivity index (χ1v) is 7.21. The lowest BCUT2D eigenvalue weighted by atomic mass is 10.0. The van der Waals surface area contributed by atoms with Crippen molar-refractivity contribution in [3.63, 3.8) is 0 Å². The number of nitrogens with zero attached hydrogens (tertiary/aromatic N) is 6. The molecule has 2 aromatic rings. The molecule has 3 heterocycles. The maximum atomic E-state index is 5.51. The molecule has 0 bridgehead atoms. The minimum atomic E-state index is 0.335. The van der Waals surface area contributed by atoms with Gasteiger partial charge in [-0.1, -0.05) is 5.10 Å². The molecule has 1 saturated heterocycles. The quantitative estimate of drug-likeness (QED) is 0.849. The molecule has 112 valence electrons. The third-order valence-corrected chi connectivity index (χ3v) is 3.87. The van der Waals surface area contributed by atoms with Crippen LogP contribution in [0.5, 0.6) is 0 Å². The molecule has 1 atom stereocenters. The molecule has 21 heavy (non-hydrogen) atoms. The van der Waals surface area contributed by atoms with E-state index < -0.39 is 0 Å². The first kappa shape index (κ1) is 13.8. The molecule has 0 spiro atoms. The molecule has 1 aliphatic rings. The predicted octanol–water partition coefficient (Wildman–Crippen LogP) is 1.58. The van der Waals surface area contributed by atoms with Crippen LogP contribution in [-0.4, -0.2) is 46.6 Å². The van der Waals surface area contributed by atoms with Crippen LogP contribution in [0.4, 0.5) is 11.8 Å². The van der Waals surface area contributed by atoms with Gasteiger partial charge in [-0.2, -0.15) is 5.10 Å². The van der Waals surface area contributed by atoms with Gasteiger partial charge >= 0.3 is 6.01 Å². The average Bonchev–Trinajstić information content (AvgIpc) is 2.94. The maximum Gasteiger partial charge on any atom is 0.318 e. The Bertz CT molecular complexity index is 596. The van der Waals surface area contributed by atoms with Gasteiger partial charge in [0.05, 0.1) is 11.7 Å². The third-order valence-electron chi connectivity index (χ3n) is 3.87. The number of hydrogen-bond acceptors (Lipinski definition) is 7. The van der Waals surface area contributed by atoms with E-state index in [0.717, 1.165) is 37.4 Å². The second-order valence-corrected chi connectivity index (χ2v) is 5.49. The van der Waals surface area contributed by atoms with E-state index in [1.54, 1.807) is 6.92 Å². The van der Waals surface area contributed by atoms with Crippen molar-refractivity contribution in [2.24, 2.45) is 0 Å². The van der Waals surface area contributed by atoms with E-state index in [4.69, 9.17) is 4.42 Å². The first-order chi connectivity index (χ1) is 10.1. The molecule has 3 rings (SSSR count). The maximum absolute atomic E-state index is 5.51. The van der Waals surface area contributed by atoms with Crippen LogP contribution in [0.2, 0.25) is 0 Å². The third kappa shape index (κ3) is 2.96. The Labute approximate surface area is 124 Å². The van der Waals surface area contributed by atoms with Gasteiger partial charge in [0.25, 0.3) is 0 Å². The molecule has 7 heteroatoms. The summed E-state index contributed by atoms with van der Waals surface area (Å²) in [6.07, 6.45) is 2.21. The lowest BCUT2D eigenvalue weighted by Crippen LogP contribution is -2.47. The molecule has 1 fully saturated rings. The normalized spacial score (nSPS) is 18.8. The molecule has 1 aliphatic heterocycles. The van der Waals surface area contributed by atoms with E-state index in [1.807, 2.05) is 26.1 Å². The van der Waals surface area contributed by atoms with Crippen molar-refractivity contribution >= 4 is 11.8 Å². The van der Waals surface area contributed by atoms with Crippen LogP contribution in [0.3, 0.4) is 0 Å². The van der Waals surface area contributed by atoms with Gasteiger partial charge in [-0.15, -0.1) is 10.2 Å². The van der Waals surface area contributed by atoms with Crippen molar-refractivity contribution in [3.05, 3.63) is 23.7 Å². The second kappa shape index (κ2) is 5.67. The van der Waals surface area contributed by atoms with Crippen LogP contribution in [0, 0.1) is 13.8 Å². The SMILES string of the molecule is Cc1ccc(N2CCCC(N(C)c3nnc(C)o3)C2)nn1. The Morgan fingerprint density at radius 2 is 2.05 bits per heavy atom. The summed E-state index contributed by atoms with van der Waals surface area (Å²) in [5.74, 6) is 1.52. The van der Waals surface area contributed by atoms with Crippen LogP contribution in [0.1, 0.15) is 24.4 Å². The number of piperidine rings is 1. The molecule has 1 unspecified atom stereocenters. The molecule has 0 aliphatic carbocycles. The Morgan fingerprint density at radius 3 is 2.71 bits per heavy atom. The molecular weight excluding hydrogens is 268 g/mol. The number of hydrogen-bond donors (Lipinski definition) is 0. The highest BCUT2D eigenvalue weighted by atomic mass is 16.4. The van der Waals surface area contributed by atoms with Gasteiger partial charge in [0.1, 0.15) is 0 Å². The lowest BCUT2D eigenvalue weighted by Gasteiger charge is -2.37. The van der Waals surface area contributed by atoms with E-state index in [0.29, 0.717) is 17.9 Å². The summed E-state index contributed by atoms with van der Waals surface area (Å²) in [5, 5.41) is 16.4. The van der Waals surface area contributed by atoms with Gasteiger partial charge in [-0.3, -0.25) is 0 Å². The fourth-order valence-corrected chi connectivity index (χ4v) is 2.62. The molecule has 0 saturated carbocycles. The molecule has 0 amide bonds. The number of aryl methyl sites for hydroxylation is 2. The highest BCUT2D eigenvalue weighted by Crippen LogP contribution is 2.23. The second-order valence-electron chi connectivity index (χ2n) is 5.49. The van der Waals surface area contributed by atoms with Crippen LogP contribution in [0.25, 0.3) is 0 Å². The molecule has 2 aromatic heterocycles. The van der Waals surface area contributed by atoms with E-state index in [2.05, 4.69) is 30.2 Å². The van der Waals surface area contributed by atoms with Gasteiger partial charge in [0, 0.05) is 27.1 Å². The largest absolute Gasteiger partial charge is 0.408 e. The van der Waals surface area contributed by atoms with Crippen molar-refractivity contribution < 1.29 is 4.42 Å². The highest BCUT2D eigenvalue weighted by molar-refractivity contribution is 5.39. The van der Waals surface area contributed by atoms with E-state index in [9.17, 15) is 0 Å². The van der Waals surface area contributed by atoms with Crippen LogP contribution < -0.4 is 9.80 Å². The average molecular weight is 288 g/mol. The van der Waals surface area contributed by atoms with E-state index in [1.165, 1.54) is 0 Å². The fraction of sp³-hybridized carbons (Fsp3) is 0.571. The molecule has 0 radical (unpaired) electrons. The van der Waals surface area contributed by atoms with Crippen LogP contribution in [0.15, 0.2) is 16.5 Å². The summed E-state index contributed by atoms with van der Waals surface area (Å²) in [4.78, 5) is 4.33. The van der Waals surface area contributed by atoms with Crippen LogP contribution >= 0.6 is 0 Å². The molecule has 0 aromatic carbocycles. The Balaban J connectivity index is 1.72. The molecular formula is C14H20N6O. The summed E-state index contributed by atoms with van der Waals surface area (Å²) in [6.45, 7) is 5.64. The van der Waals surface area contributed by atoms with Crippen LogP contribution in [-0.2, 0) is 0 Å². The highest BCUT2D eigenvalue weighted by Gasteiger charge is 2.26. The number of anilines is 2. The van der Waals surface area contributed by atoms with Crippen molar-refractivity contribution in [2.75, 3.05) is 29.9 Å². The molecule has 0 N–H and O–H groups in total.